The number of aliphatic hydroxyl groups is 1. The first-order valence-corrected chi connectivity index (χ1v) is 5.42. The molecule has 1 aromatic rings. The molecule has 0 saturated heterocycles. The van der Waals surface area contributed by atoms with Crippen LogP contribution in [0.1, 0.15) is 35.9 Å². The van der Waals surface area contributed by atoms with Crippen molar-refractivity contribution < 1.29 is 14.7 Å². The molecule has 1 rings (SSSR count). The number of hydrogen-bond donors (Lipinski definition) is 1. The van der Waals surface area contributed by atoms with Crippen molar-refractivity contribution in [2.45, 2.75) is 20.0 Å². The van der Waals surface area contributed by atoms with Gasteiger partial charge in [-0.05, 0) is 17.5 Å². The molecule has 0 saturated carbocycles. The third-order valence-corrected chi connectivity index (χ3v) is 2.54. The quantitative estimate of drug-likeness (QED) is 0.805. The monoisotopic (exact) mass is 238 g/mol. The predicted molar refractivity (Wildman–Crippen MR) is 63.1 cm³/mol. The van der Waals surface area contributed by atoms with E-state index in [4.69, 9.17) is 4.84 Å². The summed E-state index contributed by atoms with van der Waals surface area (Å²) in [6.07, 6.45) is 2.39. The molecular weight excluding hydrogens is 220 g/mol. The number of rotatable bonds is 4. The van der Waals surface area contributed by atoms with Crippen molar-refractivity contribution in [1.29, 1.82) is 0 Å². The van der Waals surface area contributed by atoms with Gasteiger partial charge in [-0.3, -0.25) is 14.6 Å². The van der Waals surface area contributed by atoms with Crippen LogP contribution in [0, 0.1) is 5.92 Å². The van der Waals surface area contributed by atoms with Crippen LogP contribution in [-0.4, -0.2) is 35.2 Å². The average Bonchev–Trinajstić information content (AvgIpc) is 2.35. The van der Waals surface area contributed by atoms with E-state index in [9.17, 15) is 9.90 Å². The van der Waals surface area contributed by atoms with Gasteiger partial charge >= 0.3 is 0 Å². The van der Waals surface area contributed by atoms with Gasteiger partial charge < -0.3 is 5.11 Å². The van der Waals surface area contributed by atoms with Crippen LogP contribution < -0.4 is 0 Å². The number of pyridine rings is 1. The van der Waals surface area contributed by atoms with Crippen LogP contribution in [0.5, 0.6) is 0 Å². The van der Waals surface area contributed by atoms with Gasteiger partial charge in [0, 0.05) is 19.4 Å². The second-order valence-corrected chi connectivity index (χ2v) is 4.18. The summed E-state index contributed by atoms with van der Waals surface area (Å²) >= 11 is 0. The first-order valence-electron chi connectivity index (χ1n) is 5.42. The zero-order valence-corrected chi connectivity index (χ0v) is 10.5. The number of aromatic nitrogens is 1. The maximum absolute atomic E-state index is 11.8. The molecular formula is C12H18N2O3. The molecule has 1 heterocycles. The topological polar surface area (TPSA) is 62.7 Å². The van der Waals surface area contributed by atoms with E-state index in [1.807, 2.05) is 13.8 Å². The summed E-state index contributed by atoms with van der Waals surface area (Å²) in [6, 6.07) is 1.63. The molecule has 0 unspecified atom stereocenters. The summed E-state index contributed by atoms with van der Waals surface area (Å²) in [7, 11) is 2.94. The summed E-state index contributed by atoms with van der Waals surface area (Å²) in [6.45, 7) is 3.81. The number of nitrogens with zero attached hydrogens (tertiary/aromatic N) is 2. The van der Waals surface area contributed by atoms with Crippen molar-refractivity contribution in [3.05, 3.63) is 29.6 Å². The summed E-state index contributed by atoms with van der Waals surface area (Å²) < 4.78 is 0. The molecule has 94 valence electrons. The summed E-state index contributed by atoms with van der Waals surface area (Å²) in [5.41, 5.74) is 1.03. The lowest BCUT2D eigenvalue weighted by Gasteiger charge is -2.17. The Balaban J connectivity index is 2.97. The highest BCUT2D eigenvalue weighted by atomic mass is 16.7. The number of carbonyl (C=O) groups excluding carboxylic acids is 1. The van der Waals surface area contributed by atoms with E-state index in [0.717, 1.165) is 5.06 Å². The van der Waals surface area contributed by atoms with E-state index in [2.05, 4.69) is 4.98 Å². The fraction of sp³-hybridized carbons (Fsp3) is 0.500. The molecule has 0 radical (unpaired) electrons. The predicted octanol–water partition coefficient (Wildman–Crippen LogP) is 1.40. The van der Waals surface area contributed by atoms with Crippen molar-refractivity contribution in [1.82, 2.24) is 10.0 Å². The van der Waals surface area contributed by atoms with E-state index < -0.39 is 6.10 Å². The Kier molecular flexibility index (Phi) is 4.60. The molecule has 5 nitrogen and oxygen atoms in total. The molecule has 0 aliphatic rings. The van der Waals surface area contributed by atoms with Gasteiger partial charge in [0.15, 0.2) is 0 Å². The molecule has 0 aliphatic carbocycles. The average molecular weight is 238 g/mol. The lowest BCUT2D eigenvalue weighted by molar-refractivity contribution is -0.0757. The van der Waals surface area contributed by atoms with Gasteiger partial charge in [-0.2, -0.15) is 0 Å². The highest BCUT2D eigenvalue weighted by molar-refractivity contribution is 5.93. The molecule has 1 N–H and O–H groups in total. The van der Waals surface area contributed by atoms with Crippen LogP contribution in [0.25, 0.3) is 0 Å². The smallest absolute Gasteiger partial charge is 0.278 e. The Hall–Kier alpha value is -1.46. The van der Waals surface area contributed by atoms with Gasteiger partial charge in [-0.25, -0.2) is 5.06 Å². The zero-order valence-electron chi connectivity index (χ0n) is 10.5. The maximum atomic E-state index is 11.8. The fourth-order valence-corrected chi connectivity index (χ4v) is 1.39. The third-order valence-electron chi connectivity index (χ3n) is 2.54. The minimum atomic E-state index is -0.622. The van der Waals surface area contributed by atoms with Gasteiger partial charge in [-0.1, -0.05) is 13.8 Å². The van der Waals surface area contributed by atoms with E-state index in [-0.39, 0.29) is 11.8 Å². The van der Waals surface area contributed by atoms with Gasteiger partial charge in [0.1, 0.15) is 0 Å². The molecule has 1 aromatic heterocycles. The zero-order chi connectivity index (χ0) is 13.0. The van der Waals surface area contributed by atoms with Gasteiger partial charge in [0.2, 0.25) is 0 Å². The van der Waals surface area contributed by atoms with E-state index in [1.165, 1.54) is 20.4 Å². The number of hydroxylamine groups is 2. The SMILES string of the molecule is CON(C)C(=O)c1cncc([C@@H](O)C(C)C)c1. The normalized spacial score (nSPS) is 12.6. The van der Waals surface area contributed by atoms with Crippen LogP contribution >= 0.6 is 0 Å². The highest BCUT2D eigenvalue weighted by Crippen LogP contribution is 2.21. The second-order valence-electron chi connectivity index (χ2n) is 4.18. The Bertz CT molecular complexity index is 393. The maximum Gasteiger partial charge on any atom is 0.278 e. The van der Waals surface area contributed by atoms with Crippen molar-refractivity contribution >= 4 is 5.91 Å². The van der Waals surface area contributed by atoms with Crippen LogP contribution in [0.4, 0.5) is 0 Å². The molecule has 1 atom stereocenters. The second kappa shape index (κ2) is 5.75. The van der Waals surface area contributed by atoms with Gasteiger partial charge in [-0.15, -0.1) is 0 Å². The van der Waals surface area contributed by atoms with Gasteiger partial charge in [0.25, 0.3) is 5.91 Å². The molecule has 0 fully saturated rings. The highest BCUT2D eigenvalue weighted by Gasteiger charge is 2.16. The standard InChI is InChI=1S/C12H18N2O3/c1-8(2)11(15)9-5-10(7-13-6-9)12(16)14(3)17-4/h5-8,11,15H,1-4H3/t11-/m0/s1. The summed E-state index contributed by atoms with van der Waals surface area (Å²) in [4.78, 5) is 20.6. The van der Waals surface area contributed by atoms with Crippen LogP contribution in [-0.2, 0) is 4.84 Å². The molecule has 5 heteroatoms. The van der Waals surface area contributed by atoms with Crippen molar-refractivity contribution in [2.75, 3.05) is 14.2 Å². The van der Waals surface area contributed by atoms with E-state index in [1.54, 1.807) is 12.3 Å². The first kappa shape index (κ1) is 13.6. The van der Waals surface area contributed by atoms with E-state index >= 15 is 0 Å². The molecule has 0 spiro atoms. The minimum Gasteiger partial charge on any atom is -0.388 e. The molecule has 0 aliphatic heterocycles. The molecule has 0 aromatic carbocycles. The van der Waals surface area contributed by atoms with Crippen molar-refractivity contribution in [3.8, 4) is 0 Å². The lowest BCUT2D eigenvalue weighted by atomic mass is 9.99. The Labute approximate surface area is 101 Å². The molecule has 1 amide bonds. The number of amides is 1. The summed E-state index contributed by atoms with van der Waals surface area (Å²) in [5.74, 6) is -0.222. The van der Waals surface area contributed by atoms with Gasteiger partial charge in [0.05, 0.1) is 18.8 Å². The van der Waals surface area contributed by atoms with Crippen molar-refractivity contribution in [3.63, 3.8) is 0 Å². The Morgan fingerprint density at radius 1 is 1.47 bits per heavy atom. The largest absolute Gasteiger partial charge is 0.388 e. The minimum absolute atomic E-state index is 0.0716. The van der Waals surface area contributed by atoms with Crippen molar-refractivity contribution in [2.24, 2.45) is 5.92 Å². The Morgan fingerprint density at radius 2 is 2.12 bits per heavy atom. The van der Waals surface area contributed by atoms with Crippen LogP contribution in [0.15, 0.2) is 18.5 Å². The summed E-state index contributed by atoms with van der Waals surface area (Å²) in [5, 5.41) is 11.0. The number of aliphatic hydroxyl groups excluding tert-OH is 1. The number of carbonyl (C=O) groups is 1. The van der Waals surface area contributed by atoms with Crippen LogP contribution in [0.2, 0.25) is 0 Å². The Morgan fingerprint density at radius 3 is 2.65 bits per heavy atom. The first-order chi connectivity index (χ1) is 7.97. The lowest BCUT2D eigenvalue weighted by Crippen LogP contribution is -2.25. The molecule has 0 bridgehead atoms. The fourth-order valence-electron chi connectivity index (χ4n) is 1.39. The third kappa shape index (κ3) is 3.25. The molecule has 17 heavy (non-hydrogen) atoms. The van der Waals surface area contributed by atoms with E-state index in [0.29, 0.717) is 11.1 Å². The number of hydrogen-bond acceptors (Lipinski definition) is 4. The van der Waals surface area contributed by atoms with Crippen LogP contribution in [0.3, 0.4) is 0 Å².